The maximum absolute atomic E-state index is 11.8. The number of hydrogen-bond acceptors (Lipinski definition) is 5. The number of hydrogen-bond donors (Lipinski definition) is 2. The van der Waals surface area contributed by atoms with Gasteiger partial charge >= 0.3 is 5.97 Å². The zero-order valence-electron chi connectivity index (χ0n) is 10.6. The van der Waals surface area contributed by atoms with E-state index in [-0.39, 0.29) is 17.8 Å². The number of esters is 1. The first-order chi connectivity index (χ1) is 9.58. The summed E-state index contributed by atoms with van der Waals surface area (Å²) < 4.78 is 5.83. The molecule has 0 aliphatic carbocycles. The third-order valence-electron chi connectivity index (χ3n) is 2.42. The molecule has 2 N–H and O–H groups in total. The fourth-order valence-electron chi connectivity index (χ4n) is 1.49. The van der Waals surface area contributed by atoms with Gasteiger partial charge < -0.3 is 15.0 Å². The summed E-state index contributed by atoms with van der Waals surface area (Å²) in [6.45, 7) is -0.0471. The predicted molar refractivity (Wildman–Crippen MR) is 69.3 cm³/mol. The molecule has 20 heavy (non-hydrogen) atoms. The molecule has 0 spiro atoms. The second-order valence-corrected chi connectivity index (χ2v) is 3.89. The summed E-state index contributed by atoms with van der Waals surface area (Å²) in [5, 5.41) is 6.45. The van der Waals surface area contributed by atoms with Gasteiger partial charge in [0.05, 0.1) is 19.0 Å². The highest BCUT2D eigenvalue weighted by atomic mass is 16.5. The number of carbonyl (C=O) groups excluding carboxylic acids is 2. The molecular formula is C12H12N4O4. The number of ether oxygens (including phenoxy) is 1. The van der Waals surface area contributed by atoms with E-state index in [2.05, 4.69) is 20.1 Å². The molecule has 2 heterocycles. The van der Waals surface area contributed by atoms with Crippen molar-refractivity contribution >= 4 is 17.6 Å². The molecule has 2 aromatic heterocycles. The fraction of sp³-hybridized carbons (Fsp3) is 0.167. The Balaban J connectivity index is 2.05. The van der Waals surface area contributed by atoms with Crippen molar-refractivity contribution in [3.05, 3.63) is 46.6 Å². The van der Waals surface area contributed by atoms with Gasteiger partial charge in [-0.15, -0.1) is 0 Å². The standard InChI is InChI=1S/C12H12N4O4/c1-20-11(18)7-16-6-8(5-13-16)14-12(19)9-3-2-4-10(17)15-9/h2-6H,7H2,1H3,(H,14,19)(H,15,17). The molecule has 0 aliphatic rings. The number of amides is 1. The summed E-state index contributed by atoms with van der Waals surface area (Å²) in [5.41, 5.74) is 0.181. The highest BCUT2D eigenvalue weighted by Crippen LogP contribution is 2.06. The molecule has 0 fully saturated rings. The predicted octanol–water partition coefficient (Wildman–Crippen LogP) is -0.00330. The molecule has 0 aliphatic heterocycles. The Hall–Kier alpha value is -2.90. The molecule has 0 saturated carbocycles. The SMILES string of the molecule is COC(=O)Cn1cc(NC(=O)c2cccc(=O)[nH]2)cn1. The summed E-state index contributed by atoms with van der Waals surface area (Å²) in [5.74, 6) is -0.918. The maximum atomic E-state index is 11.8. The number of carbonyl (C=O) groups is 2. The minimum atomic E-state index is -0.472. The normalized spacial score (nSPS) is 10.1. The van der Waals surface area contributed by atoms with Crippen LogP contribution >= 0.6 is 0 Å². The first-order valence-electron chi connectivity index (χ1n) is 5.68. The second-order valence-electron chi connectivity index (χ2n) is 3.89. The van der Waals surface area contributed by atoms with Crippen LogP contribution in [-0.4, -0.2) is 33.8 Å². The molecule has 2 aromatic rings. The van der Waals surface area contributed by atoms with Crippen molar-refractivity contribution < 1.29 is 14.3 Å². The molecule has 8 nitrogen and oxygen atoms in total. The number of anilines is 1. The van der Waals surface area contributed by atoms with Crippen molar-refractivity contribution in [2.75, 3.05) is 12.4 Å². The van der Waals surface area contributed by atoms with Crippen LogP contribution in [-0.2, 0) is 16.1 Å². The number of pyridine rings is 1. The quantitative estimate of drug-likeness (QED) is 0.764. The molecule has 104 valence electrons. The minimum Gasteiger partial charge on any atom is -0.468 e. The van der Waals surface area contributed by atoms with Crippen molar-refractivity contribution in [1.82, 2.24) is 14.8 Å². The lowest BCUT2D eigenvalue weighted by atomic mass is 10.3. The Morgan fingerprint density at radius 1 is 1.45 bits per heavy atom. The van der Waals surface area contributed by atoms with Gasteiger partial charge in [-0.3, -0.25) is 19.1 Å². The summed E-state index contributed by atoms with van der Waals surface area (Å²) in [4.78, 5) is 36.4. The second kappa shape index (κ2) is 5.83. The van der Waals surface area contributed by atoms with Gasteiger partial charge in [0.25, 0.3) is 5.91 Å². The summed E-state index contributed by atoms with van der Waals surface area (Å²) in [6.07, 6.45) is 2.87. The van der Waals surface area contributed by atoms with E-state index in [4.69, 9.17) is 0 Å². The van der Waals surface area contributed by atoms with Crippen LogP contribution in [0, 0.1) is 0 Å². The van der Waals surface area contributed by atoms with Gasteiger partial charge in [0.15, 0.2) is 0 Å². The molecule has 0 radical (unpaired) electrons. The zero-order valence-corrected chi connectivity index (χ0v) is 10.6. The molecule has 0 aromatic carbocycles. The third kappa shape index (κ3) is 3.31. The van der Waals surface area contributed by atoms with Crippen LogP contribution in [0.2, 0.25) is 0 Å². The average molecular weight is 276 g/mol. The van der Waals surface area contributed by atoms with E-state index in [1.807, 2.05) is 0 Å². The molecule has 1 amide bonds. The van der Waals surface area contributed by atoms with Crippen LogP contribution < -0.4 is 10.9 Å². The van der Waals surface area contributed by atoms with Crippen LogP contribution in [0.4, 0.5) is 5.69 Å². The topological polar surface area (TPSA) is 106 Å². The molecule has 0 bridgehead atoms. The van der Waals surface area contributed by atoms with Crippen molar-refractivity contribution in [2.45, 2.75) is 6.54 Å². The number of methoxy groups -OCH3 is 1. The number of rotatable bonds is 4. The Kier molecular flexibility index (Phi) is 3.94. The number of nitrogens with zero attached hydrogens (tertiary/aromatic N) is 2. The highest BCUT2D eigenvalue weighted by Gasteiger charge is 2.09. The largest absolute Gasteiger partial charge is 0.468 e. The van der Waals surface area contributed by atoms with E-state index >= 15 is 0 Å². The fourth-order valence-corrected chi connectivity index (χ4v) is 1.49. The van der Waals surface area contributed by atoms with Crippen LogP contribution in [0.3, 0.4) is 0 Å². The third-order valence-corrected chi connectivity index (χ3v) is 2.42. The average Bonchev–Trinajstić information content (AvgIpc) is 2.85. The lowest BCUT2D eigenvalue weighted by Crippen LogP contribution is -2.17. The highest BCUT2D eigenvalue weighted by molar-refractivity contribution is 6.02. The van der Waals surface area contributed by atoms with Crippen LogP contribution in [0.5, 0.6) is 0 Å². The Morgan fingerprint density at radius 3 is 2.95 bits per heavy atom. The summed E-state index contributed by atoms with van der Waals surface area (Å²) in [7, 11) is 1.28. The molecule has 2 rings (SSSR count). The van der Waals surface area contributed by atoms with Crippen molar-refractivity contribution in [2.24, 2.45) is 0 Å². The van der Waals surface area contributed by atoms with Gasteiger partial charge in [-0.1, -0.05) is 6.07 Å². The Labute approximate surface area is 113 Å². The van der Waals surface area contributed by atoms with E-state index < -0.39 is 11.9 Å². The van der Waals surface area contributed by atoms with Crippen molar-refractivity contribution in [3.8, 4) is 0 Å². The summed E-state index contributed by atoms with van der Waals surface area (Å²) >= 11 is 0. The smallest absolute Gasteiger partial charge is 0.327 e. The van der Waals surface area contributed by atoms with Gasteiger partial charge in [-0.2, -0.15) is 5.10 Å². The van der Waals surface area contributed by atoms with Crippen LogP contribution in [0.15, 0.2) is 35.4 Å². The van der Waals surface area contributed by atoms with Gasteiger partial charge in [0, 0.05) is 12.3 Å². The first kappa shape index (κ1) is 13.5. The van der Waals surface area contributed by atoms with E-state index in [1.54, 1.807) is 0 Å². The van der Waals surface area contributed by atoms with Crippen LogP contribution in [0.1, 0.15) is 10.5 Å². The zero-order chi connectivity index (χ0) is 14.5. The Morgan fingerprint density at radius 2 is 2.25 bits per heavy atom. The molecule has 0 unspecified atom stereocenters. The van der Waals surface area contributed by atoms with E-state index in [0.29, 0.717) is 5.69 Å². The van der Waals surface area contributed by atoms with Crippen molar-refractivity contribution in [1.29, 1.82) is 0 Å². The lowest BCUT2D eigenvalue weighted by molar-refractivity contribution is -0.141. The minimum absolute atomic E-state index is 0.0471. The molecular weight excluding hydrogens is 264 g/mol. The summed E-state index contributed by atoms with van der Waals surface area (Å²) in [6, 6.07) is 4.27. The van der Waals surface area contributed by atoms with Crippen molar-refractivity contribution in [3.63, 3.8) is 0 Å². The maximum Gasteiger partial charge on any atom is 0.327 e. The van der Waals surface area contributed by atoms with E-state index in [0.717, 1.165) is 0 Å². The van der Waals surface area contributed by atoms with Crippen LogP contribution in [0.25, 0.3) is 0 Å². The number of nitrogens with one attached hydrogen (secondary N) is 2. The van der Waals surface area contributed by atoms with Gasteiger partial charge in [-0.05, 0) is 6.07 Å². The number of aromatic amines is 1. The van der Waals surface area contributed by atoms with E-state index in [1.165, 1.54) is 42.4 Å². The van der Waals surface area contributed by atoms with E-state index in [9.17, 15) is 14.4 Å². The molecule has 8 heteroatoms. The molecule has 0 saturated heterocycles. The Bertz CT molecular complexity index is 689. The monoisotopic (exact) mass is 276 g/mol. The molecule has 0 atom stereocenters. The van der Waals surface area contributed by atoms with Gasteiger partial charge in [-0.25, -0.2) is 0 Å². The van der Waals surface area contributed by atoms with Gasteiger partial charge in [0.2, 0.25) is 5.56 Å². The lowest BCUT2D eigenvalue weighted by Gasteiger charge is -2.01. The number of aromatic nitrogens is 3. The number of H-pyrrole nitrogens is 1. The van der Waals surface area contributed by atoms with Gasteiger partial charge in [0.1, 0.15) is 12.2 Å². The first-order valence-corrected chi connectivity index (χ1v) is 5.68.